The highest BCUT2D eigenvalue weighted by atomic mass is 32.2. The fourth-order valence-electron chi connectivity index (χ4n) is 3.23. The van der Waals surface area contributed by atoms with Gasteiger partial charge in [0.25, 0.3) is 0 Å². The van der Waals surface area contributed by atoms with Crippen LogP contribution in [0.15, 0.2) is 35.6 Å². The number of anilines is 2. The number of esters is 1. The van der Waals surface area contributed by atoms with Crippen molar-refractivity contribution in [3.05, 3.63) is 52.8 Å². The Labute approximate surface area is 201 Å². The number of aromatic nitrogens is 3. The number of nitrogens with one attached hydrogen (secondary N) is 1. The minimum absolute atomic E-state index is 0.0252. The van der Waals surface area contributed by atoms with E-state index in [1.54, 1.807) is 26.2 Å². The summed E-state index contributed by atoms with van der Waals surface area (Å²) in [5, 5.41) is 12.8. The third kappa shape index (κ3) is 5.13. The molecular weight excluding hydrogens is 456 g/mol. The predicted octanol–water partition coefficient (Wildman–Crippen LogP) is 3.25. The van der Waals surface area contributed by atoms with Crippen LogP contribution in [0.2, 0.25) is 0 Å². The van der Waals surface area contributed by atoms with Crippen molar-refractivity contribution in [1.29, 1.82) is 5.26 Å². The monoisotopic (exact) mass is 480 g/mol. The molecule has 0 unspecified atom stereocenters. The van der Waals surface area contributed by atoms with Crippen molar-refractivity contribution in [2.75, 3.05) is 30.5 Å². The molecule has 0 saturated heterocycles. The molecule has 0 saturated carbocycles. The van der Waals surface area contributed by atoms with Gasteiger partial charge in [0, 0.05) is 17.6 Å². The number of carbonyl (C=O) groups is 2. The number of methoxy groups -OCH3 is 1. The van der Waals surface area contributed by atoms with Gasteiger partial charge in [-0.3, -0.25) is 9.36 Å². The average molecular weight is 481 g/mol. The lowest BCUT2D eigenvalue weighted by atomic mass is 10.2. The Kier molecular flexibility index (Phi) is 7.75. The van der Waals surface area contributed by atoms with E-state index >= 15 is 0 Å². The molecule has 3 aromatic rings. The zero-order chi connectivity index (χ0) is 24.8. The number of rotatable bonds is 8. The van der Waals surface area contributed by atoms with E-state index in [0.717, 1.165) is 28.7 Å². The van der Waals surface area contributed by atoms with Crippen molar-refractivity contribution in [3.63, 3.8) is 0 Å². The lowest BCUT2D eigenvalue weighted by Crippen LogP contribution is -2.18. The molecule has 34 heavy (non-hydrogen) atoms. The van der Waals surface area contributed by atoms with Crippen molar-refractivity contribution in [1.82, 2.24) is 14.5 Å². The van der Waals surface area contributed by atoms with Crippen LogP contribution < -0.4 is 15.8 Å². The van der Waals surface area contributed by atoms with Crippen LogP contribution in [0, 0.1) is 25.2 Å². The normalized spacial score (nSPS) is 10.4. The number of nitriles is 1. The molecule has 0 spiro atoms. The Balaban J connectivity index is 1.79. The summed E-state index contributed by atoms with van der Waals surface area (Å²) in [5.41, 5.74) is 8.65. The first-order chi connectivity index (χ1) is 16.3. The molecule has 0 aliphatic heterocycles. The van der Waals surface area contributed by atoms with Crippen LogP contribution in [-0.2, 0) is 9.53 Å². The highest BCUT2D eigenvalue weighted by molar-refractivity contribution is 7.99. The second kappa shape index (κ2) is 10.7. The Morgan fingerprint density at radius 1 is 1.26 bits per heavy atom. The van der Waals surface area contributed by atoms with E-state index in [9.17, 15) is 14.9 Å². The van der Waals surface area contributed by atoms with Crippen molar-refractivity contribution in [2.45, 2.75) is 25.9 Å². The number of carbonyl (C=O) groups excluding carboxylic acids is 2. The first-order valence-corrected chi connectivity index (χ1v) is 11.3. The molecule has 0 aliphatic rings. The molecule has 3 rings (SSSR count). The number of hydrogen-bond acceptors (Lipinski definition) is 9. The highest BCUT2D eigenvalue weighted by Crippen LogP contribution is 2.31. The zero-order valence-electron chi connectivity index (χ0n) is 19.2. The lowest BCUT2D eigenvalue weighted by molar-refractivity contribution is -0.113. The maximum absolute atomic E-state index is 12.8. The minimum atomic E-state index is -0.608. The number of hydrogen-bond donors (Lipinski definition) is 2. The summed E-state index contributed by atoms with van der Waals surface area (Å²) in [4.78, 5) is 32.7. The molecule has 2 aromatic heterocycles. The van der Waals surface area contributed by atoms with Crippen LogP contribution in [0.5, 0.6) is 5.75 Å². The predicted molar refractivity (Wildman–Crippen MR) is 128 cm³/mol. The van der Waals surface area contributed by atoms with Gasteiger partial charge in [0.05, 0.1) is 25.0 Å². The average Bonchev–Trinajstić information content (AvgIpc) is 3.06. The molecule has 1 amide bonds. The van der Waals surface area contributed by atoms with Gasteiger partial charge >= 0.3 is 5.97 Å². The largest absolute Gasteiger partial charge is 0.497 e. The van der Waals surface area contributed by atoms with Gasteiger partial charge < -0.3 is 20.5 Å². The van der Waals surface area contributed by atoms with Crippen molar-refractivity contribution in [3.8, 4) is 17.5 Å². The van der Waals surface area contributed by atoms with Gasteiger partial charge in [-0.15, -0.1) is 0 Å². The standard InChI is InChI=1S/C23H24N6O4S/c1-5-33-22(31)18-11-26-23(28-20(18)25)34-12-19(30)27-21-17(10-24)13(2)14(3)29(21)15-6-8-16(32-4)9-7-15/h6-9,11H,5,12H2,1-4H3,(H,27,30)(H2,25,26,28). The summed E-state index contributed by atoms with van der Waals surface area (Å²) >= 11 is 1.05. The first kappa shape index (κ1) is 24.6. The second-order valence-corrected chi connectivity index (χ2v) is 8.03. The number of nitrogen functional groups attached to an aromatic ring is 1. The van der Waals surface area contributed by atoms with Gasteiger partial charge in [0.15, 0.2) is 5.16 Å². The van der Waals surface area contributed by atoms with Crippen molar-refractivity contribution >= 4 is 35.3 Å². The fraction of sp³-hybridized carbons (Fsp3) is 0.261. The number of ether oxygens (including phenoxy) is 2. The van der Waals surface area contributed by atoms with E-state index in [4.69, 9.17) is 15.2 Å². The molecule has 3 N–H and O–H groups in total. The number of benzene rings is 1. The van der Waals surface area contributed by atoms with Gasteiger partial charge in [-0.05, 0) is 50.6 Å². The van der Waals surface area contributed by atoms with Gasteiger partial charge in [0.1, 0.15) is 29.0 Å². The van der Waals surface area contributed by atoms with Gasteiger partial charge in [-0.1, -0.05) is 11.8 Å². The number of nitrogens with two attached hydrogens (primary N) is 1. The van der Waals surface area contributed by atoms with Gasteiger partial charge in [0.2, 0.25) is 5.91 Å². The van der Waals surface area contributed by atoms with Crippen molar-refractivity contribution < 1.29 is 19.1 Å². The number of amides is 1. The maximum atomic E-state index is 12.8. The van der Waals surface area contributed by atoms with Gasteiger partial charge in [-0.25, -0.2) is 14.8 Å². The van der Waals surface area contributed by atoms with E-state index in [2.05, 4.69) is 21.4 Å². The zero-order valence-corrected chi connectivity index (χ0v) is 20.0. The van der Waals surface area contributed by atoms with Crippen LogP contribution in [0.4, 0.5) is 11.6 Å². The van der Waals surface area contributed by atoms with E-state index < -0.39 is 5.97 Å². The lowest BCUT2D eigenvalue weighted by Gasteiger charge is -2.13. The van der Waals surface area contributed by atoms with Crippen LogP contribution in [0.3, 0.4) is 0 Å². The molecule has 0 radical (unpaired) electrons. The Morgan fingerprint density at radius 3 is 2.56 bits per heavy atom. The summed E-state index contributed by atoms with van der Waals surface area (Å²) in [6.07, 6.45) is 1.27. The summed E-state index contributed by atoms with van der Waals surface area (Å²) in [6, 6.07) is 9.48. The molecule has 0 bridgehead atoms. The topological polar surface area (TPSA) is 145 Å². The molecular formula is C23H24N6O4S. The highest BCUT2D eigenvalue weighted by Gasteiger charge is 2.21. The van der Waals surface area contributed by atoms with E-state index in [1.807, 2.05) is 30.5 Å². The van der Waals surface area contributed by atoms with E-state index in [-0.39, 0.29) is 34.8 Å². The van der Waals surface area contributed by atoms with Crippen LogP contribution in [0.1, 0.15) is 34.1 Å². The molecule has 1 aromatic carbocycles. The fourth-order valence-corrected chi connectivity index (χ4v) is 3.85. The third-order valence-electron chi connectivity index (χ3n) is 5.04. The number of nitrogens with zero attached hydrogens (tertiary/aromatic N) is 4. The smallest absolute Gasteiger partial charge is 0.343 e. The Bertz CT molecular complexity index is 1260. The van der Waals surface area contributed by atoms with E-state index in [0.29, 0.717) is 17.1 Å². The molecule has 0 fully saturated rings. The second-order valence-electron chi connectivity index (χ2n) is 7.09. The molecule has 10 nitrogen and oxygen atoms in total. The quantitative estimate of drug-likeness (QED) is 0.282. The minimum Gasteiger partial charge on any atom is -0.497 e. The summed E-state index contributed by atoms with van der Waals surface area (Å²) in [6.45, 7) is 5.60. The third-order valence-corrected chi connectivity index (χ3v) is 5.90. The molecule has 0 aliphatic carbocycles. The maximum Gasteiger partial charge on any atom is 0.343 e. The van der Waals surface area contributed by atoms with Crippen LogP contribution in [0.25, 0.3) is 5.69 Å². The van der Waals surface area contributed by atoms with Crippen LogP contribution in [-0.4, -0.2) is 45.9 Å². The Hall–Kier alpha value is -4.04. The molecule has 176 valence electrons. The van der Waals surface area contributed by atoms with Crippen LogP contribution >= 0.6 is 11.8 Å². The SMILES string of the molecule is CCOC(=O)c1cnc(SCC(=O)Nc2c(C#N)c(C)c(C)n2-c2ccc(OC)cc2)nc1N. The Morgan fingerprint density at radius 2 is 1.97 bits per heavy atom. The number of thioether (sulfide) groups is 1. The summed E-state index contributed by atoms with van der Waals surface area (Å²) in [5.74, 6) is 0.0542. The molecule has 11 heteroatoms. The summed E-state index contributed by atoms with van der Waals surface area (Å²) in [7, 11) is 1.58. The molecule has 0 atom stereocenters. The first-order valence-electron chi connectivity index (χ1n) is 10.3. The van der Waals surface area contributed by atoms with E-state index in [1.165, 1.54) is 6.20 Å². The molecule has 2 heterocycles. The summed E-state index contributed by atoms with van der Waals surface area (Å²) < 4.78 is 11.9. The van der Waals surface area contributed by atoms with Gasteiger partial charge in [-0.2, -0.15) is 5.26 Å². The van der Waals surface area contributed by atoms with Crippen molar-refractivity contribution in [2.24, 2.45) is 0 Å².